The van der Waals surface area contributed by atoms with Gasteiger partial charge in [-0.2, -0.15) is 0 Å². The van der Waals surface area contributed by atoms with Crippen LogP contribution >= 0.6 is 11.6 Å². The maximum absolute atomic E-state index is 12.8. The van der Waals surface area contributed by atoms with E-state index in [9.17, 15) is 4.79 Å². The van der Waals surface area contributed by atoms with Crippen LogP contribution in [0.2, 0.25) is 5.02 Å². The minimum absolute atomic E-state index is 0.0700. The molecule has 8 heteroatoms. The number of likely N-dealkylation sites (N-methyl/N-ethyl adjacent to an activating group) is 1. The third-order valence-electron chi connectivity index (χ3n) is 4.27. The van der Waals surface area contributed by atoms with E-state index in [0.717, 1.165) is 18.8 Å². The van der Waals surface area contributed by atoms with E-state index in [1.165, 1.54) is 0 Å². The predicted octanol–water partition coefficient (Wildman–Crippen LogP) is 2.58. The molecule has 1 fully saturated rings. The predicted molar refractivity (Wildman–Crippen MR) is 101 cm³/mol. The Bertz CT molecular complexity index is 806. The van der Waals surface area contributed by atoms with E-state index >= 15 is 0 Å². The Labute approximate surface area is 157 Å². The fourth-order valence-corrected chi connectivity index (χ4v) is 3.06. The molecule has 2 heterocycles. The summed E-state index contributed by atoms with van der Waals surface area (Å²) in [5.41, 5.74) is 1.15. The molecule has 1 aromatic heterocycles. The van der Waals surface area contributed by atoms with Crippen molar-refractivity contribution in [2.45, 2.75) is 6.92 Å². The molecular formula is C18H22ClN5O2. The lowest BCUT2D eigenvalue weighted by atomic mass is 10.2. The van der Waals surface area contributed by atoms with Gasteiger partial charge in [0.25, 0.3) is 5.91 Å². The Balaban J connectivity index is 1.79. The Morgan fingerprint density at radius 3 is 2.58 bits per heavy atom. The van der Waals surface area contributed by atoms with Crippen LogP contribution in [0.4, 0.5) is 11.5 Å². The van der Waals surface area contributed by atoms with Crippen LogP contribution in [0.25, 0.3) is 0 Å². The van der Waals surface area contributed by atoms with Crippen LogP contribution in [-0.4, -0.2) is 66.0 Å². The summed E-state index contributed by atoms with van der Waals surface area (Å²) in [5.74, 6) is 1.62. The molecule has 2 aromatic rings. The highest BCUT2D eigenvalue weighted by Crippen LogP contribution is 2.28. The molecule has 1 saturated heterocycles. The number of nitrogens with one attached hydrogen (secondary N) is 1. The van der Waals surface area contributed by atoms with Crippen LogP contribution < -0.4 is 10.1 Å². The summed E-state index contributed by atoms with van der Waals surface area (Å²) in [6.45, 7) is 4.91. The summed E-state index contributed by atoms with van der Waals surface area (Å²) in [6.07, 6.45) is 0. The Morgan fingerprint density at radius 1 is 1.19 bits per heavy atom. The number of ether oxygens (including phenoxy) is 1. The number of halogens is 1. The number of nitrogens with zero attached hydrogens (tertiary/aromatic N) is 4. The first-order chi connectivity index (χ1) is 12.5. The number of rotatable bonds is 4. The van der Waals surface area contributed by atoms with Crippen LogP contribution in [0.1, 0.15) is 16.3 Å². The van der Waals surface area contributed by atoms with E-state index in [1.807, 2.05) is 11.0 Å². The van der Waals surface area contributed by atoms with Crippen molar-refractivity contribution in [2.24, 2.45) is 0 Å². The number of anilines is 2. The number of hydrogen-bond acceptors (Lipinski definition) is 6. The average Bonchev–Trinajstić information content (AvgIpc) is 2.61. The van der Waals surface area contributed by atoms with Gasteiger partial charge in [0, 0.05) is 37.9 Å². The second-order valence-electron chi connectivity index (χ2n) is 6.26. The molecule has 1 amide bonds. The van der Waals surface area contributed by atoms with Crippen molar-refractivity contribution in [3.05, 3.63) is 40.8 Å². The molecule has 26 heavy (non-hydrogen) atoms. The molecule has 0 radical (unpaired) electrons. The number of piperazine rings is 1. The lowest BCUT2D eigenvalue weighted by molar-refractivity contribution is 0.0658. The zero-order valence-electron chi connectivity index (χ0n) is 15.1. The van der Waals surface area contributed by atoms with Crippen molar-refractivity contribution in [1.82, 2.24) is 19.8 Å². The molecule has 138 valence electrons. The summed E-state index contributed by atoms with van der Waals surface area (Å²) in [6, 6.07) is 7.03. The summed E-state index contributed by atoms with van der Waals surface area (Å²) >= 11 is 6.16. The second-order valence-corrected chi connectivity index (χ2v) is 6.66. The molecule has 0 aliphatic carbocycles. The number of hydrogen-bond donors (Lipinski definition) is 1. The van der Waals surface area contributed by atoms with Gasteiger partial charge in [0.05, 0.1) is 12.1 Å². The van der Waals surface area contributed by atoms with E-state index in [4.69, 9.17) is 16.3 Å². The number of benzene rings is 1. The maximum atomic E-state index is 12.8. The zero-order chi connectivity index (χ0) is 18.7. The first-order valence-corrected chi connectivity index (χ1v) is 8.78. The fraction of sp³-hybridized carbons (Fsp3) is 0.389. The fourth-order valence-electron chi connectivity index (χ4n) is 2.80. The quantitative estimate of drug-likeness (QED) is 0.885. The first-order valence-electron chi connectivity index (χ1n) is 8.40. The van der Waals surface area contributed by atoms with Crippen LogP contribution in [0.15, 0.2) is 24.3 Å². The molecule has 1 aliphatic heterocycles. The van der Waals surface area contributed by atoms with Crippen LogP contribution in [0.5, 0.6) is 5.75 Å². The molecule has 0 saturated carbocycles. The number of carbonyl (C=O) groups is 1. The monoisotopic (exact) mass is 375 g/mol. The van der Waals surface area contributed by atoms with Gasteiger partial charge in [0.2, 0.25) is 0 Å². The molecule has 0 bridgehead atoms. The summed E-state index contributed by atoms with van der Waals surface area (Å²) in [4.78, 5) is 25.5. The Hall–Kier alpha value is -2.38. The molecule has 0 atom stereocenters. The SMILES string of the molecule is COc1ccc(Nc2cc(C(=O)N3CCN(C)CC3)nc(C)n2)cc1Cl. The minimum Gasteiger partial charge on any atom is -0.495 e. The lowest BCUT2D eigenvalue weighted by Crippen LogP contribution is -2.47. The van der Waals surface area contributed by atoms with E-state index < -0.39 is 0 Å². The largest absolute Gasteiger partial charge is 0.495 e. The number of methoxy groups -OCH3 is 1. The summed E-state index contributed by atoms with van der Waals surface area (Å²) in [5, 5.41) is 3.67. The van der Waals surface area contributed by atoms with Crippen LogP contribution in [0.3, 0.4) is 0 Å². The lowest BCUT2D eigenvalue weighted by Gasteiger charge is -2.32. The number of carbonyl (C=O) groups excluding carboxylic acids is 1. The highest BCUT2D eigenvalue weighted by atomic mass is 35.5. The van der Waals surface area contributed by atoms with Gasteiger partial charge in [-0.3, -0.25) is 4.79 Å². The van der Waals surface area contributed by atoms with Crippen LogP contribution in [0, 0.1) is 6.92 Å². The molecule has 3 rings (SSSR count). The van der Waals surface area contributed by atoms with Gasteiger partial charge < -0.3 is 19.9 Å². The highest BCUT2D eigenvalue weighted by molar-refractivity contribution is 6.32. The topological polar surface area (TPSA) is 70.6 Å². The van der Waals surface area contributed by atoms with Gasteiger partial charge in [0.15, 0.2) is 0 Å². The number of aryl methyl sites for hydroxylation is 1. The smallest absolute Gasteiger partial charge is 0.272 e. The number of aromatic nitrogens is 2. The van der Waals surface area contributed by atoms with Gasteiger partial charge in [-0.15, -0.1) is 0 Å². The van der Waals surface area contributed by atoms with E-state index in [1.54, 1.807) is 32.2 Å². The second kappa shape index (κ2) is 7.88. The molecule has 1 N–H and O–H groups in total. The summed E-state index contributed by atoms with van der Waals surface area (Å²) < 4.78 is 5.16. The van der Waals surface area contributed by atoms with Gasteiger partial charge in [-0.25, -0.2) is 9.97 Å². The molecular weight excluding hydrogens is 354 g/mol. The van der Waals surface area contributed by atoms with E-state index in [0.29, 0.717) is 41.2 Å². The Kier molecular flexibility index (Phi) is 5.58. The van der Waals surface area contributed by atoms with Crippen molar-refractivity contribution in [1.29, 1.82) is 0 Å². The number of amides is 1. The first kappa shape index (κ1) is 18.4. The highest BCUT2D eigenvalue weighted by Gasteiger charge is 2.22. The van der Waals surface area contributed by atoms with Gasteiger partial charge in [0.1, 0.15) is 23.1 Å². The molecule has 0 unspecified atom stereocenters. The van der Waals surface area contributed by atoms with Crippen molar-refractivity contribution >= 4 is 29.0 Å². The molecule has 1 aliphatic rings. The minimum atomic E-state index is -0.0700. The van der Waals surface area contributed by atoms with Crippen molar-refractivity contribution in [3.8, 4) is 5.75 Å². The third-order valence-corrected chi connectivity index (χ3v) is 4.57. The molecule has 0 spiro atoms. The van der Waals surface area contributed by atoms with Crippen LogP contribution in [-0.2, 0) is 0 Å². The Morgan fingerprint density at radius 2 is 1.92 bits per heavy atom. The van der Waals surface area contributed by atoms with Crippen molar-refractivity contribution in [2.75, 3.05) is 45.7 Å². The average molecular weight is 376 g/mol. The zero-order valence-corrected chi connectivity index (χ0v) is 15.9. The summed E-state index contributed by atoms with van der Waals surface area (Å²) in [7, 11) is 3.62. The maximum Gasteiger partial charge on any atom is 0.272 e. The van der Waals surface area contributed by atoms with Crippen molar-refractivity contribution < 1.29 is 9.53 Å². The molecule has 1 aromatic carbocycles. The molecule has 7 nitrogen and oxygen atoms in total. The van der Waals surface area contributed by atoms with Crippen molar-refractivity contribution in [3.63, 3.8) is 0 Å². The van der Waals surface area contributed by atoms with Gasteiger partial charge >= 0.3 is 0 Å². The van der Waals surface area contributed by atoms with E-state index in [-0.39, 0.29) is 5.91 Å². The van der Waals surface area contributed by atoms with Gasteiger partial charge in [-0.05, 0) is 32.2 Å². The third kappa shape index (κ3) is 4.23. The normalized spacial score (nSPS) is 15.0. The standard InChI is InChI=1S/C18H22ClN5O2/c1-12-20-15(18(25)24-8-6-23(2)7-9-24)11-17(21-12)22-13-4-5-16(26-3)14(19)10-13/h4-5,10-11H,6-9H2,1-3H3,(H,20,21,22). The van der Waals surface area contributed by atoms with E-state index in [2.05, 4.69) is 27.2 Å². The van der Waals surface area contributed by atoms with Gasteiger partial charge in [-0.1, -0.05) is 11.6 Å².